The molecule has 1 aromatic rings. The van der Waals surface area contributed by atoms with Gasteiger partial charge in [-0.2, -0.15) is 0 Å². The Kier molecular flexibility index (Phi) is 2.69. The molecule has 0 spiro atoms. The minimum atomic E-state index is -0.946. The molecule has 0 saturated carbocycles. The van der Waals surface area contributed by atoms with Gasteiger partial charge in [-0.25, -0.2) is 0 Å². The molecular formula is C12H16O3S. The van der Waals surface area contributed by atoms with Crippen LogP contribution in [-0.2, 0) is 26.1 Å². The number of hydrogen-bond acceptors (Lipinski definition) is 3. The van der Waals surface area contributed by atoms with Gasteiger partial charge in [0.15, 0.2) is 0 Å². The maximum atomic E-state index is 11.3. The molecule has 16 heavy (non-hydrogen) atoms. The van der Waals surface area contributed by atoms with Crippen LogP contribution in [0.2, 0.25) is 0 Å². The fraction of sp³-hybridized carbons (Fsp3) is 0.500. The van der Waals surface area contributed by atoms with Crippen LogP contribution < -0.4 is 0 Å². The fourth-order valence-corrected chi connectivity index (χ4v) is 2.53. The Bertz CT molecular complexity index is 424. The molecular weight excluding hydrogens is 224 g/mol. The van der Waals surface area contributed by atoms with E-state index in [0.29, 0.717) is 0 Å². The highest BCUT2D eigenvalue weighted by Crippen LogP contribution is 2.55. The first-order valence-electron chi connectivity index (χ1n) is 5.12. The molecule has 0 amide bonds. The molecule has 2 atom stereocenters. The monoisotopic (exact) mass is 240 g/mol. The third kappa shape index (κ3) is 1.61. The highest BCUT2D eigenvalue weighted by atomic mass is 32.2. The molecule has 1 heterocycles. The molecule has 0 bridgehead atoms. The van der Waals surface area contributed by atoms with Gasteiger partial charge < -0.3 is 9.47 Å². The number of ether oxygens (including phenoxy) is 2. The summed E-state index contributed by atoms with van der Waals surface area (Å²) in [6.45, 7) is 3.98. The average Bonchev–Trinajstić information content (AvgIpc) is 2.82. The Morgan fingerprint density at radius 3 is 2.06 bits per heavy atom. The Balaban J connectivity index is 2.33. The lowest BCUT2D eigenvalue weighted by molar-refractivity contribution is -0.0148. The van der Waals surface area contributed by atoms with Crippen molar-refractivity contribution in [3.8, 4) is 0 Å². The van der Waals surface area contributed by atoms with E-state index in [1.807, 2.05) is 38.1 Å². The van der Waals surface area contributed by atoms with Crippen LogP contribution in [0.25, 0.3) is 0 Å². The van der Waals surface area contributed by atoms with Gasteiger partial charge in [0, 0.05) is 34.6 Å². The summed E-state index contributed by atoms with van der Waals surface area (Å²) in [5.41, 5.74) is 0.670. The molecule has 2 rings (SSSR count). The van der Waals surface area contributed by atoms with Crippen LogP contribution in [0.5, 0.6) is 0 Å². The highest BCUT2D eigenvalue weighted by molar-refractivity contribution is 7.84. The van der Waals surface area contributed by atoms with Crippen molar-refractivity contribution in [1.29, 1.82) is 0 Å². The van der Waals surface area contributed by atoms with Crippen LogP contribution in [0.3, 0.4) is 0 Å². The van der Waals surface area contributed by atoms with Crippen molar-refractivity contribution in [1.82, 2.24) is 0 Å². The zero-order valence-electron chi connectivity index (χ0n) is 9.94. The van der Waals surface area contributed by atoms with Crippen LogP contribution in [0.15, 0.2) is 29.2 Å². The summed E-state index contributed by atoms with van der Waals surface area (Å²) in [6, 6.07) is 7.53. The summed E-state index contributed by atoms with van der Waals surface area (Å²) in [4.78, 5) is 0.813. The van der Waals surface area contributed by atoms with E-state index in [2.05, 4.69) is 0 Å². The van der Waals surface area contributed by atoms with Crippen LogP contribution in [0.4, 0.5) is 0 Å². The van der Waals surface area contributed by atoms with E-state index in [9.17, 15) is 4.21 Å². The fourth-order valence-electron chi connectivity index (χ4n) is 2.01. The van der Waals surface area contributed by atoms with Crippen LogP contribution in [0, 0.1) is 0 Å². The quantitative estimate of drug-likeness (QED) is 0.759. The summed E-state index contributed by atoms with van der Waals surface area (Å²) in [6.07, 6.45) is 1.67. The molecule has 0 radical (unpaired) electrons. The topological polar surface area (TPSA) is 38.8 Å². The average molecular weight is 240 g/mol. The number of benzene rings is 1. The number of rotatable bonds is 3. The van der Waals surface area contributed by atoms with E-state index < -0.39 is 16.6 Å². The summed E-state index contributed by atoms with van der Waals surface area (Å²) in [7, 11) is 0.693. The van der Waals surface area contributed by atoms with Crippen molar-refractivity contribution >= 4 is 10.8 Å². The lowest BCUT2D eigenvalue weighted by atomic mass is 9.99. The van der Waals surface area contributed by atoms with Gasteiger partial charge in [-0.3, -0.25) is 4.21 Å². The maximum Gasteiger partial charge on any atom is 0.225 e. The first-order valence-corrected chi connectivity index (χ1v) is 6.68. The van der Waals surface area contributed by atoms with Crippen molar-refractivity contribution in [2.24, 2.45) is 0 Å². The summed E-state index contributed by atoms with van der Waals surface area (Å²) in [5.74, 6) is -0.638. The lowest BCUT2D eigenvalue weighted by Crippen LogP contribution is -2.20. The molecule has 0 aromatic heterocycles. The van der Waals surface area contributed by atoms with Crippen molar-refractivity contribution in [2.45, 2.75) is 30.1 Å². The van der Waals surface area contributed by atoms with Gasteiger partial charge in [0.1, 0.15) is 5.60 Å². The van der Waals surface area contributed by atoms with E-state index in [-0.39, 0.29) is 5.60 Å². The highest BCUT2D eigenvalue weighted by Gasteiger charge is 2.66. The van der Waals surface area contributed by atoms with Gasteiger partial charge in [-0.15, -0.1) is 0 Å². The Hall–Kier alpha value is -0.710. The van der Waals surface area contributed by atoms with Crippen molar-refractivity contribution in [3.63, 3.8) is 0 Å². The molecule has 1 aliphatic heterocycles. The normalized spacial score (nSPS) is 28.8. The predicted octanol–water partition coefficient (Wildman–Crippen LogP) is 2.03. The first kappa shape index (κ1) is 11.8. The van der Waals surface area contributed by atoms with Crippen LogP contribution in [-0.4, -0.2) is 23.2 Å². The van der Waals surface area contributed by atoms with Gasteiger partial charge in [0.2, 0.25) is 5.79 Å². The Morgan fingerprint density at radius 2 is 1.75 bits per heavy atom. The van der Waals surface area contributed by atoms with Gasteiger partial charge in [0.25, 0.3) is 0 Å². The Labute approximate surface area is 98.2 Å². The molecule has 88 valence electrons. The minimum Gasteiger partial charge on any atom is -0.347 e. The molecule has 1 aliphatic rings. The van der Waals surface area contributed by atoms with E-state index in [4.69, 9.17) is 9.47 Å². The molecule has 4 heteroatoms. The molecule has 1 fully saturated rings. The van der Waals surface area contributed by atoms with Crippen LogP contribution in [0.1, 0.15) is 19.4 Å². The Morgan fingerprint density at radius 1 is 1.25 bits per heavy atom. The van der Waals surface area contributed by atoms with Crippen molar-refractivity contribution in [3.05, 3.63) is 29.8 Å². The minimum absolute atomic E-state index is 0.297. The third-order valence-corrected chi connectivity index (χ3v) is 3.94. The van der Waals surface area contributed by atoms with E-state index in [1.54, 1.807) is 13.4 Å². The molecule has 3 nitrogen and oxygen atoms in total. The van der Waals surface area contributed by atoms with Gasteiger partial charge >= 0.3 is 0 Å². The second kappa shape index (κ2) is 3.65. The van der Waals surface area contributed by atoms with Crippen molar-refractivity contribution in [2.75, 3.05) is 13.4 Å². The van der Waals surface area contributed by atoms with Gasteiger partial charge in [-0.05, 0) is 26.0 Å². The first-order chi connectivity index (χ1) is 7.43. The third-order valence-electron chi connectivity index (χ3n) is 3.00. The summed E-state index contributed by atoms with van der Waals surface area (Å²) < 4.78 is 22.3. The largest absolute Gasteiger partial charge is 0.347 e. The molecule has 1 saturated heterocycles. The molecule has 0 N–H and O–H groups in total. The number of methoxy groups -OCH3 is 1. The SMILES string of the molecule is COC1(c2ccc(S(C)=O)cc2)OC1(C)C. The number of hydrogen-bond donors (Lipinski definition) is 0. The zero-order valence-corrected chi connectivity index (χ0v) is 10.8. The molecule has 2 unspecified atom stereocenters. The molecule has 0 aliphatic carbocycles. The van der Waals surface area contributed by atoms with Crippen LogP contribution >= 0.6 is 0 Å². The van der Waals surface area contributed by atoms with Gasteiger partial charge in [0.05, 0.1) is 0 Å². The van der Waals surface area contributed by atoms with E-state index in [0.717, 1.165) is 10.5 Å². The zero-order chi connectivity index (χ0) is 12.0. The predicted molar refractivity (Wildman–Crippen MR) is 62.6 cm³/mol. The smallest absolute Gasteiger partial charge is 0.225 e. The second-order valence-electron chi connectivity index (χ2n) is 4.41. The van der Waals surface area contributed by atoms with Gasteiger partial charge in [-0.1, -0.05) is 12.1 Å². The second-order valence-corrected chi connectivity index (χ2v) is 5.79. The maximum absolute atomic E-state index is 11.3. The lowest BCUT2D eigenvalue weighted by Gasteiger charge is -2.13. The molecule has 1 aromatic carbocycles. The summed E-state index contributed by atoms with van der Waals surface area (Å²) in [5, 5.41) is 0. The van der Waals surface area contributed by atoms with E-state index in [1.165, 1.54) is 0 Å². The number of epoxide rings is 1. The summed E-state index contributed by atoms with van der Waals surface area (Å²) >= 11 is 0. The van der Waals surface area contributed by atoms with Crippen molar-refractivity contribution < 1.29 is 13.7 Å². The standard InChI is InChI=1S/C12H16O3S/c1-11(2)12(14-3,15-11)9-5-7-10(8-6-9)16(4)13/h5-8H,1-4H3. The van der Waals surface area contributed by atoms with E-state index >= 15 is 0 Å².